The maximum atomic E-state index is 12.4. The maximum absolute atomic E-state index is 12.4. The van der Waals surface area contributed by atoms with E-state index in [9.17, 15) is 4.79 Å². The van der Waals surface area contributed by atoms with E-state index in [4.69, 9.17) is 4.74 Å². The summed E-state index contributed by atoms with van der Waals surface area (Å²) in [4.78, 5) is 12.4. The summed E-state index contributed by atoms with van der Waals surface area (Å²) in [7, 11) is 0. The number of rotatable bonds is 2. The monoisotopic (exact) mass is 278 g/mol. The first kappa shape index (κ1) is 12.7. The minimum atomic E-state index is -0.0203. The van der Waals surface area contributed by atoms with Gasteiger partial charge >= 0.3 is 0 Å². The van der Waals surface area contributed by atoms with Gasteiger partial charge in [0.2, 0.25) is 0 Å². The van der Waals surface area contributed by atoms with Crippen molar-refractivity contribution >= 4 is 23.4 Å². The quantitative estimate of drug-likeness (QED) is 0.870. The fourth-order valence-corrected chi connectivity index (χ4v) is 3.54. The molecule has 4 nitrogen and oxygen atoms in total. The number of carbonyl (C=O) groups is 1. The molecule has 2 aliphatic heterocycles. The van der Waals surface area contributed by atoms with Crippen molar-refractivity contribution < 1.29 is 9.53 Å². The molecule has 0 aromatic heterocycles. The highest BCUT2D eigenvalue weighted by Gasteiger charge is 2.22. The first-order chi connectivity index (χ1) is 9.34. The zero-order chi connectivity index (χ0) is 13.1. The van der Waals surface area contributed by atoms with Gasteiger partial charge in [-0.25, -0.2) is 0 Å². The van der Waals surface area contributed by atoms with E-state index in [0.717, 1.165) is 24.4 Å². The molecular formula is C14H18N2O2S. The predicted octanol–water partition coefficient (Wildman–Crippen LogP) is 2.12. The lowest BCUT2D eigenvalue weighted by molar-refractivity contribution is 0.0934. The molecular weight excluding hydrogens is 260 g/mol. The summed E-state index contributed by atoms with van der Waals surface area (Å²) in [5.74, 6) is 2.89. The number of hydrogen-bond acceptors (Lipinski definition) is 4. The Hall–Kier alpha value is -1.36. The van der Waals surface area contributed by atoms with Crippen LogP contribution in [0.25, 0.3) is 0 Å². The number of para-hydroxylation sites is 1. The van der Waals surface area contributed by atoms with Gasteiger partial charge in [0.1, 0.15) is 6.61 Å². The van der Waals surface area contributed by atoms with Crippen LogP contribution in [0.4, 0.5) is 5.69 Å². The summed E-state index contributed by atoms with van der Waals surface area (Å²) >= 11 is 1.91. The van der Waals surface area contributed by atoms with E-state index < -0.39 is 0 Å². The fourth-order valence-electron chi connectivity index (χ4n) is 2.47. The SMILES string of the molecule is O=C(NC1CCCSC1)c1cccc2c1OCCN2. The van der Waals surface area contributed by atoms with Crippen LogP contribution >= 0.6 is 11.8 Å². The van der Waals surface area contributed by atoms with Crippen molar-refractivity contribution in [2.75, 3.05) is 30.0 Å². The standard InChI is InChI=1S/C14H18N2O2S/c17-14(16-10-3-2-8-19-9-10)11-4-1-5-12-13(11)18-7-6-15-12/h1,4-5,10,15H,2-3,6-9H2,(H,16,17). The van der Waals surface area contributed by atoms with Crippen LogP contribution in [0.3, 0.4) is 0 Å². The highest BCUT2D eigenvalue weighted by molar-refractivity contribution is 7.99. The Kier molecular flexibility index (Phi) is 3.82. The second kappa shape index (κ2) is 5.74. The average molecular weight is 278 g/mol. The van der Waals surface area contributed by atoms with E-state index in [-0.39, 0.29) is 5.91 Å². The third-order valence-corrected chi connectivity index (χ3v) is 4.63. The molecule has 0 aliphatic carbocycles. The Balaban J connectivity index is 1.75. The third kappa shape index (κ3) is 2.81. The highest BCUT2D eigenvalue weighted by Crippen LogP contribution is 2.31. The lowest BCUT2D eigenvalue weighted by atomic mass is 10.1. The van der Waals surface area contributed by atoms with Gasteiger partial charge < -0.3 is 15.4 Å². The number of carbonyl (C=O) groups excluding carboxylic acids is 1. The van der Waals surface area contributed by atoms with Gasteiger partial charge in [0.15, 0.2) is 5.75 Å². The van der Waals surface area contributed by atoms with Crippen LogP contribution in [-0.4, -0.2) is 36.6 Å². The summed E-state index contributed by atoms with van der Waals surface area (Å²) in [6.07, 6.45) is 2.26. The predicted molar refractivity (Wildman–Crippen MR) is 78.2 cm³/mol. The van der Waals surface area contributed by atoms with Gasteiger partial charge in [-0.1, -0.05) is 6.07 Å². The first-order valence-electron chi connectivity index (χ1n) is 6.73. The number of hydrogen-bond donors (Lipinski definition) is 2. The molecule has 19 heavy (non-hydrogen) atoms. The fraction of sp³-hybridized carbons (Fsp3) is 0.500. The molecule has 2 N–H and O–H groups in total. The largest absolute Gasteiger partial charge is 0.489 e. The van der Waals surface area contributed by atoms with E-state index in [1.807, 2.05) is 30.0 Å². The number of fused-ring (bicyclic) bond motifs is 1. The van der Waals surface area contributed by atoms with E-state index in [2.05, 4.69) is 10.6 Å². The summed E-state index contributed by atoms with van der Waals surface area (Å²) < 4.78 is 5.64. The van der Waals surface area contributed by atoms with E-state index in [0.29, 0.717) is 24.0 Å². The van der Waals surface area contributed by atoms with Crippen LogP contribution in [-0.2, 0) is 0 Å². The molecule has 0 saturated carbocycles. The van der Waals surface area contributed by atoms with E-state index >= 15 is 0 Å². The van der Waals surface area contributed by atoms with Crippen molar-refractivity contribution in [2.24, 2.45) is 0 Å². The first-order valence-corrected chi connectivity index (χ1v) is 7.88. The molecule has 0 bridgehead atoms. The van der Waals surface area contributed by atoms with Gasteiger partial charge in [-0.15, -0.1) is 0 Å². The Bertz CT molecular complexity index is 473. The molecule has 5 heteroatoms. The molecule has 1 aromatic carbocycles. The van der Waals surface area contributed by atoms with Crippen molar-refractivity contribution in [3.63, 3.8) is 0 Å². The minimum absolute atomic E-state index is 0.0203. The molecule has 1 atom stereocenters. The van der Waals surface area contributed by atoms with Crippen LogP contribution < -0.4 is 15.4 Å². The van der Waals surface area contributed by atoms with E-state index in [1.165, 1.54) is 12.2 Å². The molecule has 1 aromatic rings. The van der Waals surface area contributed by atoms with Gasteiger partial charge in [0.25, 0.3) is 5.91 Å². The number of benzene rings is 1. The van der Waals surface area contributed by atoms with Gasteiger partial charge in [-0.2, -0.15) is 11.8 Å². The molecule has 1 unspecified atom stereocenters. The molecule has 1 amide bonds. The van der Waals surface area contributed by atoms with Crippen molar-refractivity contribution in [1.82, 2.24) is 5.32 Å². The lowest BCUT2D eigenvalue weighted by Gasteiger charge is -2.25. The van der Waals surface area contributed by atoms with Gasteiger partial charge in [-0.05, 0) is 30.7 Å². The van der Waals surface area contributed by atoms with E-state index in [1.54, 1.807) is 0 Å². The zero-order valence-electron chi connectivity index (χ0n) is 10.8. The van der Waals surface area contributed by atoms with Crippen molar-refractivity contribution in [2.45, 2.75) is 18.9 Å². The second-order valence-corrected chi connectivity index (χ2v) is 5.99. The van der Waals surface area contributed by atoms with Crippen LogP contribution in [0.15, 0.2) is 18.2 Å². The molecule has 0 spiro atoms. The topological polar surface area (TPSA) is 50.4 Å². The van der Waals surface area contributed by atoms with Crippen LogP contribution in [0, 0.1) is 0 Å². The van der Waals surface area contributed by atoms with Gasteiger partial charge in [0.05, 0.1) is 11.3 Å². The number of amides is 1. The van der Waals surface area contributed by atoms with Crippen molar-refractivity contribution in [3.05, 3.63) is 23.8 Å². The van der Waals surface area contributed by atoms with Crippen LogP contribution in [0.5, 0.6) is 5.75 Å². The lowest BCUT2D eigenvalue weighted by Crippen LogP contribution is -2.38. The smallest absolute Gasteiger partial charge is 0.255 e. The molecule has 0 radical (unpaired) electrons. The minimum Gasteiger partial charge on any atom is -0.489 e. The van der Waals surface area contributed by atoms with Gasteiger partial charge in [-0.3, -0.25) is 4.79 Å². The second-order valence-electron chi connectivity index (χ2n) is 4.85. The molecule has 2 aliphatic rings. The number of nitrogens with one attached hydrogen (secondary N) is 2. The molecule has 1 fully saturated rings. The summed E-state index contributed by atoms with van der Waals surface area (Å²) in [5, 5.41) is 6.37. The van der Waals surface area contributed by atoms with Crippen molar-refractivity contribution in [1.29, 1.82) is 0 Å². The molecule has 1 saturated heterocycles. The summed E-state index contributed by atoms with van der Waals surface area (Å²) in [6, 6.07) is 5.96. The Morgan fingerprint density at radius 2 is 2.42 bits per heavy atom. The normalized spacial score (nSPS) is 21.8. The van der Waals surface area contributed by atoms with Crippen molar-refractivity contribution in [3.8, 4) is 5.75 Å². The third-order valence-electron chi connectivity index (χ3n) is 3.42. The molecule has 3 rings (SSSR count). The number of anilines is 1. The van der Waals surface area contributed by atoms with Crippen LogP contribution in [0.1, 0.15) is 23.2 Å². The zero-order valence-corrected chi connectivity index (χ0v) is 11.6. The number of thioether (sulfide) groups is 1. The maximum Gasteiger partial charge on any atom is 0.255 e. The Morgan fingerprint density at radius 1 is 1.47 bits per heavy atom. The summed E-state index contributed by atoms with van der Waals surface area (Å²) in [6.45, 7) is 1.40. The summed E-state index contributed by atoms with van der Waals surface area (Å²) in [5.41, 5.74) is 1.55. The highest BCUT2D eigenvalue weighted by atomic mass is 32.2. The Labute approximate surface area is 117 Å². The van der Waals surface area contributed by atoms with Crippen LogP contribution in [0.2, 0.25) is 0 Å². The number of ether oxygens (including phenoxy) is 1. The van der Waals surface area contributed by atoms with Gasteiger partial charge in [0, 0.05) is 18.3 Å². The Morgan fingerprint density at radius 3 is 3.26 bits per heavy atom. The molecule has 102 valence electrons. The molecule has 2 heterocycles. The average Bonchev–Trinajstić information content (AvgIpc) is 2.47.